The van der Waals surface area contributed by atoms with E-state index < -0.39 is 5.97 Å². The van der Waals surface area contributed by atoms with E-state index in [-0.39, 0.29) is 17.8 Å². The Labute approximate surface area is 151 Å². The lowest BCUT2D eigenvalue weighted by molar-refractivity contribution is -0.00521. The van der Waals surface area contributed by atoms with Crippen LogP contribution in [0.15, 0.2) is 42.5 Å². The van der Waals surface area contributed by atoms with Crippen molar-refractivity contribution in [3.05, 3.63) is 48.0 Å². The first kappa shape index (κ1) is 16.6. The maximum Gasteiger partial charge on any atom is 0.337 e. The summed E-state index contributed by atoms with van der Waals surface area (Å²) in [6.07, 6.45) is 0.374. The van der Waals surface area contributed by atoms with Gasteiger partial charge in [0.1, 0.15) is 11.3 Å². The van der Waals surface area contributed by atoms with E-state index in [9.17, 15) is 9.90 Å². The number of carboxylic acids is 1. The van der Waals surface area contributed by atoms with E-state index in [1.807, 2.05) is 18.2 Å². The Bertz CT molecular complexity index is 956. The van der Waals surface area contributed by atoms with Gasteiger partial charge in [-0.15, -0.1) is 0 Å². The fourth-order valence-corrected chi connectivity index (χ4v) is 3.58. The highest BCUT2D eigenvalue weighted by atomic mass is 16.5. The van der Waals surface area contributed by atoms with Gasteiger partial charge in [-0.05, 0) is 38.1 Å². The number of hydrogen-bond donors (Lipinski definition) is 2. The van der Waals surface area contributed by atoms with Crippen LogP contribution in [-0.2, 0) is 4.74 Å². The van der Waals surface area contributed by atoms with Crippen LogP contribution in [0.4, 0.5) is 5.69 Å². The number of para-hydroxylation sites is 1. The van der Waals surface area contributed by atoms with Crippen molar-refractivity contribution in [2.24, 2.45) is 0 Å². The lowest BCUT2D eigenvalue weighted by Crippen LogP contribution is -2.45. The molecule has 0 radical (unpaired) electrons. The summed E-state index contributed by atoms with van der Waals surface area (Å²) in [4.78, 5) is 21.5. The third-order valence-electron chi connectivity index (χ3n) is 4.65. The molecule has 0 amide bonds. The number of nitrogens with zero attached hydrogens (tertiary/aromatic N) is 2. The van der Waals surface area contributed by atoms with Crippen LogP contribution >= 0.6 is 0 Å². The van der Waals surface area contributed by atoms with Crippen molar-refractivity contribution in [2.75, 3.05) is 18.0 Å². The minimum atomic E-state index is -0.973. The standard InChI is InChI=1S/C20H21N3O3/c1-12-10-23(11-13(2)26-12)15-6-3-5-14(9-15)19-21-17-8-4-7-16(20(24)25)18(17)22-19/h3-9,12-13H,10-11H2,1-2H3,(H,21,22)(H,24,25). The number of carbonyl (C=O) groups is 1. The molecule has 1 saturated heterocycles. The topological polar surface area (TPSA) is 78.5 Å². The molecular weight excluding hydrogens is 330 g/mol. The summed E-state index contributed by atoms with van der Waals surface area (Å²) in [6, 6.07) is 13.3. The average Bonchev–Trinajstić information content (AvgIpc) is 3.05. The number of morpholine rings is 1. The normalized spacial score (nSPS) is 20.5. The third kappa shape index (κ3) is 3.04. The second-order valence-corrected chi connectivity index (χ2v) is 6.80. The Balaban J connectivity index is 1.72. The third-order valence-corrected chi connectivity index (χ3v) is 4.65. The minimum Gasteiger partial charge on any atom is -0.478 e. The minimum absolute atomic E-state index is 0.187. The Morgan fingerprint density at radius 1 is 1.19 bits per heavy atom. The number of benzene rings is 2. The van der Waals surface area contributed by atoms with Crippen molar-refractivity contribution in [2.45, 2.75) is 26.1 Å². The van der Waals surface area contributed by atoms with Crippen molar-refractivity contribution >= 4 is 22.7 Å². The maximum atomic E-state index is 11.4. The zero-order valence-corrected chi connectivity index (χ0v) is 14.8. The van der Waals surface area contributed by atoms with Crippen LogP contribution in [0, 0.1) is 0 Å². The second kappa shape index (κ2) is 6.46. The van der Waals surface area contributed by atoms with Crippen LogP contribution in [0.25, 0.3) is 22.4 Å². The first-order valence-electron chi connectivity index (χ1n) is 8.74. The molecule has 1 fully saturated rings. The zero-order valence-electron chi connectivity index (χ0n) is 14.8. The number of carboxylic acid groups (broad SMARTS) is 1. The molecule has 1 aliphatic rings. The van der Waals surface area contributed by atoms with Crippen LogP contribution in [0.3, 0.4) is 0 Å². The van der Waals surface area contributed by atoms with Crippen molar-refractivity contribution in [1.29, 1.82) is 0 Å². The van der Waals surface area contributed by atoms with Gasteiger partial charge in [0, 0.05) is 24.3 Å². The van der Waals surface area contributed by atoms with Gasteiger partial charge in [0.25, 0.3) is 0 Å². The summed E-state index contributed by atoms with van der Waals surface area (Å²) in [7, 11) is 0. The first-order valence-corrected chi connectivity index (χ1v) is 8.74. The number of aromatic amines is 1. The second-order valence-electron chi connectivity index (χ2n) is 6.80. The maximum absolute atomic E-state index is 11.4. The molecule has 2 N–H and O–H groups in total. The van der Waals surface area contributed by atoms with Gasteiger partial charge in [-0.3, -0.25) is 0 Å². The van der Waals surface area contributed by atoms with Gasteiger partial charge in [0.2, 0.25) is 0 Å². The predicted octanol–water partition coefficient (Wildman–Crippen LogP) is 3.54. The summed E-state index contributed by atoms with van der Waals surface area (Å²) < 4.78 is 5.81. The quantitative estimate of drug-likeness (QED) is 0.754. The lowest BCUT2D eigenvalue weighted by atomic mass is 10.1. The van der Waals surface area contributed by atoms with Gasteiger partial charge in [-0.2, -0.15) is 0 Å². The molecular formula is C20H21N3O3. The molecule has 1 aromatic heterocycles. The molecule has 0 aliphatic carbocycles. The number of hydrogen-bond acceptors (Lipinski definition) is 4. The van der Waals surface area contributed by atoms with Crippen LogP contribution in [0.5, 0.6) is 0 Å². The van der Waals surface area contributed by atoms with Crippen LogP contribution < -0.4 is 4.90 Å². The number of ether oxygens (including phenoxy) is 1. The number of aromatic carboxylic acids is 1. The van der Waals surface area contributed by atoms with Gasteiger partial charge >= 0.3 is 5.97 Å². The van der Waals surface area contributed by atoms with Crippen LogP contribution in [0.2, 0.25) is 0 Å². The van der Waals surface area contributed by atoms with Crippen molar-refractivity contribution < 1.29 is 14.6 Å². The molecule has 2 heterocycles. The molecule has 0 bridgehead atoms. The Morgan fingerprint density at radius 2 is 1.92 bits per heavy atom. The monoisotopic (exact) mass is 351 g/mol. The molecule has 134 valence electrons. The Hall–Kier alpha value is -2.86. The van der Waals surface area contributed by atoms with E-state index in [4.69, 9.17) is 4.74 Å². The lowest BCUT2D eigenvalue weighted by Gasteiger charge is -2.37. The van der Waals surface area contributed by atoms with Gasteiger partial charge < -0.3 is 19.7 Å². The number of anilines is 1. The fraction of sp³-hybridized carbons (Fsp3) is 0.300. The molecule has 2 atom stereocenters. The highest BCUT2D eigenvalue weighted by molar-refractivity contribution is 6.01. The van der Waals surface area contributed by atoms with E-state index >= 15 is 0 Å². The van der Waals surface area contributed by atoms with Crippen molar-refractivity contribution in [3.63, 3.8) is 0 Å². The average molecular weight is 351 g/mol. The number of nitrogens with one attached hydrogen (secondary N) is 1. The largest absolute Gasteiger partial charge is 0.478 e. The van der Waals surface area contributed by atoms with Crippen molar-refractivity contribution in [3.8, 4) is 11.4 Å². The van der Waals surface area contributed by atoms with E-state index in [0.717, 1.165) is 29.9 Å². The smallest absolute Gasteiger partial charge is 0.337 e. The predicted molar refractivity (Wildman–Crippen MR) is 101 cm³/mol. The highest BCUT2D eigenvalue weighted by Crippen LogP contribution is 2.27. The molecule has 3 aromatic rings. The van der Waals surface area contributed by atoms with Gasteiger partial charge in [-0.25, -0.2) is 9.78 Å². The summed E-state index contributed by atoms with van der Waals surface area (Å²) >= 11 is 0. The van der Waals surface area contributed by atoms with E-state index in [0.29, 0.717) is 11.3 Å². The Morgan fingerprint density at radius 3 is 2.65 bits per heavy atom. The van der Waals surface area contributed by atoms with Gasteiger partial charge in [0.15, 0.2) is 0 Å². The summed E-state index contributed by atoms with van der Waals surface area (Å²) in [6.45, 7) is 5.85. The number of aromatic nitrogens is 2. The van der Waals surface area contributed by atoms with Crippen LogP contribution in [-0.4, -0.2) is 46.3 Å². The van der Waals surface area contributed by atoms with Gasteiger partial charge in [-0.1, -0.05) is 18.2 Å². The molecule has 0 spiro atoms. The highest BCUT2D eigenvalue weighted by Gasteiger charge is 2.22. The van der Waals surface area contributed by atoms with E-state index in [2.05, 4.69) is 40.8 Å². The number of H-pyrrole nitrogens is 1. The zero-order chi connectivity index (χ0) is 18.3. The molecule has 6 heteroatoms. The number of fused-ring (bicyclic) bond motifs is 1. The van der Waals surface area contributed by atoms with E-state index in [1.165, 1.54) is 0 Å². The van der Waals surface area contributed by atoms with Crippen LogP contribution in [0.1, 0.15) is 24.2 Å². The summed E-state index contributed by atoms with van der Waals surface area (Å²) in [5.41, 5.74) is 3.45. The molecule has 2 aromatic carbocycles. The number of imidazole rings is 1. The molecule has 1 aliphatic heterocycles. The van der Waals surface area contributed by atoms with Crippen molar-refractivity contribution in [1.82, 2.24) is 9.97 Å². The molecule has 0 saturated carbocycles. The van der Waals surface area contributed by atoms with Gasteiger partial charge in [0.05, 0.1) is 23.3 Å². The number of rotatable bonds is 3. The molecule has 26 heavy (non-hydrogen) atoms. The first-order chi connectivity index (χ1) is 12.5. The molecule has 6 nitrogen and oxygen atoms in total. The summed E-state index contributed by atoms with van der Waals surface area (Å²) in [5, 5.41) is 9.35. The molecule has 4 rings (SSSR count). The van der Waals surface area contributed by atoms with E-state index in [1.54, 1.807) is 12.1 Å². The SMILES string of the molecule is CC1CN(c2cccc(-c3nc4c(C(=O)O)cccc4[nH]3)c2)CC(C)O1. The fourth-order valence-electron chi connectivity index (χ4n) is 3.58. The summed E-state index contributed by atoms with van der Waals surface area (Å²) in [5.74, 6) is -0.302. The molecule has 2 unspecified atom stereocenters. The Kier molecular flexibility index (Phi) is 4.12.